The van der Waals surface area contributed by atoms with Gasteiger partial charge in [0.25, 0.3) is 0 Å². The zero-order chi connectivity index (χ0) is 10.1. The molecule has 0 aliphatic carbocycles. The Morgan fingerprint density at radius 1 is 1.43 bits per heavy atom. The van der Waals surface area contributed by atoms with Crippen molar-refractivity contribution in [2.24, 2.45) is 0 Å². The van der Waals surface area contributed by atoms with Gasteiger partial charge in [-0.3, -0.25) is 0 Å². The molecule has 0 bridgehead atoms. The average molecular weight is 290 g/mol. The number of hydrogen-bond donors (Lipinski definition) is 1. The molecule has 0 fully saturated rings. The van der Waals surface area contributed by atoms with Gasteiger partial charge in [0, 0.05) is 10.9 Å². The van der Waals surface area contributed by atoms with Crippen LogP contribution < -0.4 is 0 Å². The average Bonchev–Trinajstić information content (AvgIpc) is 2.57. The van der Waals surface area contributed by atoms with Crippen LogP contribution in [0.1, 0.15) is 0 Å². The normalized spacial score (nSPS) is 10.4. The molecule has 0 aliphatic rings. The number of H-pyrrole nitrogens is 1. The summed E-state index contributed by atoms with van der Waals surface area (Å²) in [5.74, 6) is -0.262. The largest absolute Gasteiger partial charge is 0.337 e. The second-order valence-electron chi connectivity index (χ2n) is 2.69. The van der Waals surface area contributed by atoms with E-state index in [1.165, 1.54) is 17.4 Å². The maximum absolute atomic E-state index is 12.9. The lowest BCUT2D eigenvalue weighted by molar-refractivity contribution is 0.621. The van der Waals surface area contributed by atoms with Crippen molar-refractivity contribution < 1.29 is 4.39 Å². The van der Waals surface area contributed by atoms with Crippen LogP contribution in [0.15, 0.2) is 28.1 Å². The molecule has 0 amide bonds. The standard InChI is InChI=1S/C9H5BrFNS2/c10-6-3-5(1-2-7(6)11)8-4-14-9(13)12-8/h1-4H,(H,12,13). The Kier molecular flexibility index (Phi) is 2.80. The first-order valence-electron chi connectivity index (χ1n) is 3.80. The Morgan fingerprint density at radius 2 is 2.21 bits per heavy atom. The second-order valence-corrected chi connectivity index (χ2v) is 5.09. The summed E-state index contributed by atoms with van der Waals surface area (Å²) in [5.41, 5.74) is 1.84. The summed E-state index contributed by atoms with van der Waals surface area (Å²) in [7, 11) is 0. The fourth-order valence-corrected chi connectivity index (χ4v) is 2.31. The lowest BCUT2D eigenvalue weighted by Crippen LogP contribution is -1.80. The number of halogens is 2. The highest BCUT2D eigenvalue weighted by molar-refractivity contribution is 9.10. The molecule has 1 heterocycles. The number of benzene rings is 1. The van der Waals surface area contributed by atoms with Gasteiger partial charge in [-0.05, 0) is 46.3 Å². The third kappa shape index (κ3) is 1.94. The smallest absolute Gasteiger partial charge is 0.158 e. The van der Waals surface area contributed by atoms with Crippen molar-refractivity contribution in [2.45, 2.75) is 0 Å². The molecule has 1 nitrogen and oxygen atoms in total. The molecule has 2 aromatic rings. The van der Waals surface area contributed by atoms with Gasteiger partial charge in [0.15, 0.2) is 3.95 Å². The molecule has 0 radical (unpaired) electrons. The van der Waals surface area contributed by atoms with E-state index in [2.05, 4.69) is 20.9 Å². The van der Waals surface area contributed by atoms with E-state index in [4.69, 9.17) is 12.2 Å². The fourth-order valence-electron chi connectivity index (χ4n) is 1.09. The van der Waals surface area contributed by atoms with E-state index in [9.17, 15) is 4.39 Å². The summed E-state index contributed by atoms with van der Waals surface area (Å²) in [6, 6.07) is 4.87. The molecule has 14 heavy (non-hydrogen) atoms. The summed E-state index contributed by atoms with van der Waals surface area (Å²) < 4.78 is 14.1. The maximum Gasteiger partial charge on any atom is 0.158 e. The minimum atomic E-state index is -0.262. The minimum absolute atomic E-state index is 0.262. The molecule has 0 aliphatic heterocycles. The van der Waals surface area contributed by atoms with Crippen molar-refractivity contribution >= 4 is 39.5 Å². The predicted molar refractivity (Wildman–Crippen MR) is 62.6 cm³/mol. The van der Waals surface area contributed by atoms with Crippen molar-refractivity contribution in [3.8, 4) is 11.3 Å². The number of hydrogen-bond acceptors (Lipinski definition) is 2. The minimum Gasteiger partial charge on any atom is -0.337 e. The van der Waals surface area contributed by atoms with Gasteiger partial charge >= 0.3 is 0 Å². The Morgan fingerprint density at radius 3 is 2.79 bits per heavy atom. The molecule has 72 valence electrons. The molecule has 5 heteroatoms. The highest BCUT2D eigenvalue weighted by atomic mass is 79.9. The monoisotopic (exact) mass is 289 g/mol. The molecular formula is C9H5BrFNS2. The summed E-state index contributed by atoms with van der Waals surface area (Å²) in [5, 5.41) is 1.92. The third-order valence-corrected chi connectivity index (χ3v) is 3.42. The first-order chi connectivity index (χ1) is 6.66. The van der Waals surface area contributed by atoms with Crippen LogP contribution in [0, 0.1) is 9.77 Å². The summed E-state index contributed by atoms with van der Waals surface area (Å²) in [4.78, 5) is 3.03. The highest BCUT2D eigenvalue weighted by Gasteiger charge is 2.03. The molecule has 1 N–H and O–H groups in total. The van der Waals surface area contributed by atoms with Gasteiger partial charge in [-0.2, -0.15) is 0 Å². The van der Waals surface area contributed by atoms with Crippen LogP contribution in [-0.4, -0.2) is 4.98 Å². The number of aromatic nitrogens is 1. The van der Waals surface area contributed by atoms with Gasteiger partial charge in [-0.25, -0.2) is 4.39 Å². The zero-order valence-corrected chi connectivity index (χ0v) is 10.1. The van der Waals surface area contributed by atoms with Crippen LogP contribution in [0.25, 0.3) is 11.3 Å². The van der Waals surface area contributed by atoms with Crippen molar-refractivity contribution in [3.63, 3.8) is 0 Å². The summed E-state index contributed by atoms with van der Waals surface area (Å²) in [6.07, 6.45) is 0. The lowest BCUT2D eigenvalue weighted by atomic mass is 10.2. The van der Waals surface area contributed by atoms with Crippen LogP contribution in [0.5, 0.6) is 0 Å². The van der Waals surface area contributed by atoms with Gasteiger partial charge < -0.3 is 4.98 Å². The lowest BCUT2D eigenvalue weighted by Gasteiger charge is -1.99. The van der Waals surface area contributed by atoms with E-state index in [0.717, 1.165) is 15.2 Å². The number of nitrogens with one attached hydrogen (secondary N) is 1. The first-order valence-corrected chi connectivity index (χ1v) is 5.88. The van der Waals surface area contributed by atoms with Gasteiger partial charge in [0.2, 0.25) is 0 Å². The van der Waals surface area contributed by atoms with Gasteiger partial charge in [-0.1, -0.05) is 0 Å². The number of aromatic amines is 1. The molecule has 1 aromatic heterocycles. The fraction of sp³-hybridized carbons (Fsp3) is 0. The molecular weight excluding hydrogens is 285 g/mol. The molecule has 0 atom stereocenters. The van der Waals surface area contributed by atoms with Crippen molar-refractivity contribution in [2.75, 3.05) is 0 Å². The van der Waals surface area contributed by atoms with E-state index in [-0.39, 0.29) is 5.82 Å². The Bertz CT molecular complexity index is 518. The SMILES string of the molecule is Fc1ccc(-c2csc(=S)[nH]2)cc1Br. The predicted octanol–water partition coefficient (Wildman–Crippen LogP) is 4.37. The Labute approximate surface area is 97.7 Å². The van der Waals surface area contributed by atoms with Crippen molar-refractivity contribution in [1.82, 2.24) is 4.98 Å². The molecule has 0 saturated carbocycles. The van der Waals surface area contributed by atoms with Crippen molar-refractivity contribution in [1.29, 1.82) is 0 Å². The van der Waals surface area contributed by atoms with Gasteiger partial charge in [0.1, 0.15) is 5.82 Å². The maximum atomic E-state index is 12.9. The zero-order valence-electron chi connectivity index (χ0n) is 6.88. The number of thiazole rings is 1. The summed E-state index contributed by atoms with van der Waals surface area (Å²) in [6.45, 7) is 0. The van der Waals surface area contributed by atoms with Crippen LogP contribution in [0.4, 0.5) is 4.39 Å². The molecule has 0 unspecified atom stereocenters. The third-order valence-electron chi connectivity index (χ3n) is 1.75. The molecule has 0 saturated heterocycles. The summed E-state index contributed by atoms with van der Waals surface area (Å²) >= 11 is 9.57. The highest BCUT2D eigenvalue weighted by Crippen LogP contribution is 2.25. The Hall–Kier alpha value is -0.520. The van der Waals surface area contributed by atoms with Crippen LogP contribution in [0.2, 0.25) is 0 Å². The second kappa shape index (κ2) is 3.92. The van der Waals surface area contributed by atoms with E-state index in [0.29, 0.717) is 4.47 Å². The number of rotatable bonds is 1. The van der Waals surface area contributed by atoms with E-state index < -0.39 is 0 Å². The van der Waals surface area contributed by atoms with E-state index >= 15 is 0 Å². The van der Waals surface area contributed by atoms with E-state index in [1.807, 2.05) is 5.38 Å². The van der Waals surface area contributed by atoms with Crippen LogP contribution in [-0.2, 0) is 0 Å². The van der Waals surface area contributed by atoms with E-state index in [1.54, 1.807) is 12.1 Å². The van der Waals surface area contributed by atoms with Gasteiger partial charge in [0.05, 0.1) is 10.2 Å². The van der Waals surface area contributed by atoms with Gasteiger partial charge in [-0.15, -0.1) is 11.3 Å². The van der Waals surface area contributed by atoms with Crippen LogP contribution >= 0.6 is 39.5 Å². The van der Waals surface area contributed by atoms with Crippen LogP contribution in [0.3, 0.4) is 0 Å². The van der Waals surface area contributed by atoms with Crippen molar-refractivity contribution in [3.05, 3.63) is 37.8 Å². The molecule has 0 spiro atoms. The first kappa shape index (κ1) is 10.0. The molecule has 1 aromatic carbocycles. The topological polar surface area (TPSA) is 15.8 Å². The quantitative estimate of drug-likeness (QED) is 0.771. The molecule has 2 rings (SSSR count). The Balaban J connectivity index is 2.52.